The molecule has 0 saturated carbocycles. The molecule has 2 heterocycles. The standard InChI is InChI=1S/C11H15NO4S2/c1-2-9-3-4-11(17-9)18(15,16)12-6-8(7-12)5-10(13)14/h3-4,8H,2,5-7H2,1H3,(H,13,14). The molecule has 0 unspecified atom stereocenters. The molecule has 18 heavy (non-hydrogen) atoms. The normalized spacial score (nSPS) is 17.6. The minimum atomic E-state index is -3.40. The lowest BCUT2D eigenvalue weighted by Gasteiger charge is -2.36. The number of hydrogen-bond donors (Lipinski definition) is 1. The second-order valence-electron chi connectivity index (χ2n) is 4.36. The highest BCUT2D eigenvalue weighted by atomic mass is 32.2. The molecule has 1 aromatic rings. The summed E-state index contributed by atoms with van der Waals surface area (Å²) in [5, 5.41) is 8.62. The summed E-state index contributed by atoms with van der Waals surface area (Å²) in [5.74, 6) is -0.927. The number of rotatable bonds is 5. The van der Waals surface area contributed by atoms with Gasteiger partial charge >= 0.3 is 5.97 Å². The average molecular weight is 289 g/mol. The maximum Gasteiger partial charge on any atom is 0.303 e. The third-order valence-corrected chi connectivity index (χ3v) is 6.50. The molecule has 1 fully saturated rings. The Kier molecular flexibility index (Phi) is 3.74. The van der Waals surface area contributed by atoms with E-state index in [-0.39, 0.29) is 12.3 Å². The first kappa shape index (κ1) is 13.5. The van der Waals surface area contributed by atoms with E-state index in [4.69, 9.17) is 5.11 Å². The molecule has 1 aromatic heterocycles. The van der Waals surface area contributed by atoms with Gasteiger partial charge in [0, 0.05) is 18.0 Å². The zero-order valence-corrected chi connectivity index (χ0v) is 11.6. The van der Waals surface area contributed by atoms with Gasteiger partial charge in [-0.2, -0.15) is 4.31 Å². The third kappa shape index (κ3) is 2.57. The van der Waals surface area contributed by atoms with Crippen LogP contribution in [0, 0.1) is 5.92 Å². The molecular weight excluding hydrogens is 274 g/mol. The van der Waals surface area contributed by atoms with Crippen molar-refractivity contribution in [1.82, 2.24) is 4.31 Å². The maximum atomic E-state index is 12.2. The van der Waals surface area contributed by atoms with Crippen LogP contribution in [0.25, 0.3) is 0 Å². The van der Waals surface area contributed by atoms with Gasteiger partial charge in [0.15, 0.2) is 0 Å². The van der Waals surface area contributed by atoms with Gasteiger partial charge in [0.05, 0.1) is 6.42 Å². The summed E-state index contributed by atoms with van der Waals surface area (Å²) >= 11 is 1.29. The van der Waals surface area contributed by atoms with Crippen LogP contribution in [0.2, 0.25) is 0 Å². The van der Waals surface area contributed by atoms with Crippen molar-refractivity contribution in [2.24, 2.45) is 5.92 Å². The Labute approximate surface area is 110 Å². The summed E-state index contributed by atoms with van der Waals surface area (Å²) in [4.78, 5) is 11.5. The Bertz CT molecular complexity index is 543. The molecule has 0 amide bonds. The first-order valence-corrected chi connectivity index (χ1v) is 7.99. The van der Waals surface area contributed by atoms with E-state index in [0.29, 0.717) is 17.3 Å². The zero-order valence-electron chi connectivity index (χ0n) is 10.00. The monoisotopic (exact) mass is 289 g/mol. The second-order valence-corrected chi connectivity index (χ2v) is 7.69. The topological polar surface area (TPSA) is 74.7 Å². The van der Waals surface area contributed by atoms with Crippen LogP contribution in [0.3, 0.4) is 0 Å². The van der Waals surface area contributed by atoms with E-state index in [2.05, 4.69) is 0 Å². The Hall–Kier alpha value is -0.920. The predicted molar refractivity (Wildman–Crippen MR) is 68.2 cm³/mol. The Morgan fingerprint density at radius 3 is 2.67 bits per heavy atom. The SMILES string of the molecule is CCc1ccc(S(=O)(=O)N2CC(CC(=O)O)C2)s1. The minimum Gasteiger partial charge on any atom is -0.481 e. The summed E-state index contributed by atoms with van der Waals surface area (Å²) < 4.78 is 26.0. The van der Waals surface area contributed by atoms with Crippen molar-refractivity contribution in [3.63, 3.8) is 0 Å². The molecular formula is C11H15NO4S2. The maximum absolute atomic E-state index is 12.2. The molecule has 100 valence electrons. The summed E-state index contributed by atoms with van der Waals surface area (Å²) in [7, 11) is -3.40. The minimum absolute atomic E-state index is 0.0384. The highest BCUT2D eigenvalue weighted by Gasteiger charge is 2.38. The lowest BCUT2D eigenvalue weighted by atomic mass is 10.00. The van der Waals surface area contributed by atoms with Crippen LogP contribution in [0.15, 0.2) is 16.3 Å². The van der Waals surface area contributed by atoms with Crippen molar-refractivity contribution >= 4 is 27.3 Å². The van der Waals surface area contributed by atoms with Crippen LogP contribution in [0.1, 0.15) is 18.2 Å². The largest absolute Gasteiger partial charge is 0.481 e. The number of hydrogen-bond acceptors (Lipinski definition) is 4. The molecule has 0 spiro atoms. The fourth-order valence-corrected chi connectivity index (χ4v) is 4.95. The number of aryl methyl sites for hydroxylation is 1. The van der Waals surface area contributed by atoms with Crippen LogP contribution in [0.5, 0.6) is 0 Å². The first-order chi connectivity index (χ1) is 8.43. The van der Waals surface area contributed by atoms with Gasteiger partial charge in [0.25, 0.3) is 10.0 Å². The van der Waals surface area contributed by atoms with Crippen molar-refractivity contribution in [2.75, 3.05) is 13.1 Å². The van der Waals surface area contributed by atoms with E-state index in [9.17, 15) is 13.2 Å². The molecule has 1 saturated heterocycles. The number of sulfonamides is 1. The number of carboxylic acid groups (broad SMARTS) is 1. The lowest BCUT2D eigenvalue weighted by Crippen LogP contribution is -2.50. The van der Waals surface area contributed by atoms with Gasteiger partial charge in [-0.25, -0.2) is 8.42 Å². The van der Waals surface area contributed by atoms with Gasteiger partial charge in [0.1, 0.15) is 4.21 Å². The number of carbonyl (C=O) groups is 1. The van der Waals surface area contributed by atoms with Crippen LogP contribution in [-0.4, -0.2) is 36.9 Å². The summed E-state index contributed by atoms with van der Waals surface area (Å²) in [6, 6.07) is 3.45. The van der Waals surface area contributed by atoms with Crippen molar-refractivity contribution in [1.29, 1.82) is 0 Å². The molecule has 0 aliphatic carbocycles. The Morgan fingerprint density at radius 1 is 1.50 bits per heavy atom. The molecule has 0 aromatic carbocycles. The number of aliphatic carboxylic acids is 1. The molecule has 5 nitrogen and oxygen atoms in total. The Balaban J connectivity index is 2.03. The van der Waals surface area contributed by atoms with Gasteiger partial charge < -0.3 is 5.11 Å². The fourth-order valence-electron chi connectivity index (χ4n) is 1.91. The quantitative estimate of drug-likeness (QED) is 0.889. The number of nitrogens with zero attached hydrogens (tertiary/aromatic N) is 1. The highest BCUT2D eigenvalue weighted by Crippen LogP contribution is 2.30. The van der Waals surface area contributed by atoms with Crippen molar-refractivity contribution in [3.8, 4) is 0 Å². The van der Waals surface area contributed by atoms with E-state index in [1.807, 2.05) is 13.0 Å². The average Bonchev–Trinajstić information content (AvgIpc) is 2.71. The van der Waals surface area contributed by atoms with E-state index >= 15 is 0 Å². The molecule has 0 bridgehead atoms. The molecule has 0 radical (unpaired) electrons. The highest BCUT2D eigenvalue weighted by molar-refractivity contribution is 7.91. The molecule has 1 aliphatic heterocycles. The zero-order chi connectivity index (χ0) is 13.3. The molecule has 0 atom stereocenters. The van der Waals surface area contributed by atoms with Gasteiger partial charge in [-0.1, -0.05) is 6.92 Å². The molecule has 1 aliphatic rings. The van der Waals surface area contributed by atoms with Crippen molar-refractivity contribution in [3.05, 3.63) is 17.0 Å². The lowest BCUT2D eigenvalue weighted by molar-refractivity contribution is -0.139. The second kappa shape index (κ2) is 4.99. The van der Waals surface area contributed by atoms with Crippen LogP contribution in [0.4, 0.5) is 0 Å². The molecule has 1 N–H and O–H groups in total. The Morgan fingerprint density at radius 2 is 2.17 bits per heavy atom. The van der Waals surface area contributed by atoms with E-state index in [1.165, 1.54) is 15.6 Å². The van der Waals surface area contributed by atoms with E-state index < -0.39 is 16.0 Å². The van der Waals surface area contributed by atoms with Crippen molar-refractivity contribution < 1.29 is 18.3 Å². The van der Waals surface area contributed by atoms with Crippen LogP contribution < -0.4 is 0 Å². The predicted octanol–water partition coefficient (Wildman–Crippen LogP) is 1.41. The molecule has 2 rings (SSSR count). The van der Waals surface area contributed by atoms with Gasteiger partial charge in [-0.15, -0.1) is 11.3 Å². The van der Waals surface area contributed by atoms with Gasteiger partial charge in [-0.05, 0) is 24.5 Å². The van der Waals surface area contributed by atoms with Gasteiger partial charge in [0.2, 0.25) is 0 Å². The number of thiophene rings is 1. The van der Waals surface area contributed by atoms with Crippen LogP contribution in [-0.2, 0) is 21.2 Å². The summed E-state index contributed by atoms with van der Waals surface area (Å²) in [5.41, 5.74) is 0. The first-order valence-electron chi connectivity index (χ1n) is 5.74. The van der Waals surface area contributed by atoms with Gasteiger partial charge in [-0.3, -0.25) is 4.79 Å². The fraction of sp³-hybridized carbons (Fsp3) is 0.545. The van der Waals surface area contributed by atoms with E-state index in [1.54, 1.807) is 6.07 Å². The number of carboxylic acids is 1. The van der Waals surface area contributed by atoms with Crippen LogP contribution >= 0.6 is 11.3 Å². The van der Waals surface area contributed by atoms with E-state index in [0.717, 1.165) is 11.3 Å². The van der Waals surface area contributed by atoms with Crippen molar-refractivity contribution in [2.45, 2.75) is 24.0 Å². The smallest absolute Gasteiger partial charge is 0.303 e. The summed E-state index contributed by atoms with van der Waals surface area (Å²) in [6.45, 7) is 2.61. The summed E-state index contributed by atoms with van der Waals surface area (Å²) in [6.07, 6.45) is 0.860. The molecule has 7 heteroatoms. The third-order valence-electron chi connectivity index (χ3n) is 2.97.